The number of aromatic nitrogens is 5. The van der Waals surface area contributed by atoms with Gasteiger partial charge >= 0.3 is 0 Å². The zero-order valence-electron chi connectivity index (χ0n) is 17.7. The Morgan fingerprint density at radius 2 is 1.79 bits per heavy atom. The fourth-order valence-corrected chi connectivity index (χ4v) is 5.93. The molecular formula is C22H17BrN6O3S2. The summed E-state index contributed by atoms with van der Waals surface area (Å²) < 4.78 is 33.7. The van der Waals surface area contributed by atoms with Crippen molar-refractivity contribution in [3.8, 4) is 28.3 Å². The van der Waals surface area contributed by atoms with E-state index in [1.54, 1.807) is 17.9 Å². The second kappa shape index (κ2) is 8.87. The molecular weight excluding hydrogens is 540 g/mol. The highest BCUT2D eigenvalue weighted by atomic mass is 79.9. The third kappa shape index (κ3) is 4.20. The van der Waals surface area contributed by atoms with Crippen LogP contribution in [0.1, 0.15) is 5.56 Å². The Labute approximate surface area is 207 Å². The van der Waals surface area contributed by atoms with Crippen molar-refractivity contribution in [1.29, 1.82) is 0 Å². The van der Waals surface area contributed by atoms with Gasteiger partial charge in [-0.2, -0.15) is 0 Å². The van der Waals surface area contributed by atoms with Gasteiger partial charge in [-0.3, -0.25) is 0 Å². The Hall–Kier alpha value is -3.19. The minimum atomic E-state index is -4.09. The SMILES string of the molecule is COc1ccc(Cn2nnnc2-c2c(-c3cccc4sc(Br)nc34)cccc2S(N)(=O)=O)cc1. The van der Waals surface area contributed by atoms with E-state index >= 15 is 0 Å². The number of nitrogens with two attached hydrogens (primary N) is 1. The lowest BCUT2D eigenvalue weighted by Gasteiger charge is -2.14. The van der Waals surface area contributed by atoms with Gasteiger partial charge in [-0.1, -0.05) is 36.4 Å². The molecule has 0 aliphatic heterocycles. The third-order valence-corrected chi connectivity index (χ3v) is 7.69. The normalized spacial score (nSPS) is 11.7. The van der Waals surface area contributed by atoms with Crippen LogP contribution in [-0.2, 0) is 16.6 Å². The van der Waals surface area contributed by atoms with E-state index < -0.39 is 10.0 Å². The molecule has 0 amide bonds. The maximum absolute atomic E-state index is 12.6. The Kier molecular flexibility index (Phi) is 5.90. The van der Waals surface area contributed by atoms with Gasteiger partial charge in [0.1, 0.15) is 5.75 Å². The molecule has 2 heterocycles. The van der Waals surface area contributed by atoms with Gasteiger partial charge in [-0.15, -0.1) is 16.4 Å². The van der Waals surface area contributed by atoms with Crippen LogP contribution >= 0.6 is 27.3 Å². The summed E-state index contributed by atoms with van der Waals surface area (Å²) in [4.78, 5) is 4.53. The van der Waals surface area contributed by atoms with Gasteiger partial charge in [0.05, 0.1) is 28.8 Å². The molecule has 2 N–H and O–H groups in total. The quantitative estimate of drug-likeness (QED) is 0.333. The number of rotatable bonds is 6. The lowest BCUT2D eigenvalue weighted by Crippen LogP contribution is -2.15. The molecule has 0 bridgehead atoms. The molecule has 0 aliphatic carbocycles. The van der Waals surface area contributed by atoms with Crippen LogP contribution < -0.4 is 9.88 Å². The van der Waals surface area contributed by atoms with Gasteiger partial charge in [0.25, 0.3) is 0 Å². The van der Waals surface area contributed by atoms with E-state index in [-0.39, 0.29) is 10.7 Å². The highest BCUT2D eigenvalue weighted by Crippen LogP contribution is 2.40. The van der Waals surface area contributed by atoms with Gasteiger partial charge in [0, 0.05) is 11.1 Å². The second-order valence-electron chi connectivity index (χ2n) is 7.35. The molecule has 0 spiro atoms. The second-order valence-corrected chi connectivity index (χ2v) is 11.2. The van der Waals surface area contributed by atoms with Gasteiger partial charge < -0.3 is 4.74 Å². The van der Waals surface area contributed by atoms with Crippen molar-refractivity contribution in [2.45, 2.75) is 11.4 Å². The molecule has 2 aromatic heterocycles. The van der Waals surface area contributed by atoms with Crippen LogP contribution in [0.15, 0.2) is 69.5 Å². The zero-order chi connectivity index (χ0) is 23.9. The number of halogens is 1. The fourth-order valence-electron chi connectivity index (χ4n) is 3.76. The Balaban J connectivity index is 1.73. The fraction of sp³-hybridized carbons (Fsp3) is 0.0909. The Morgan fingerprint density at radius 1 is 1.06 bits per heavy atom. The number of fused-ring (bicyclic) bond motifs is 1. The lowest BCUT2D eigenvalue weighted by atomic mass is 9.98. The number of primary sulfonamides is 1. The number of sulfonamides is 1. The highest BCUT2D eigenvalue weighted by Gasteiger charge is 2.25. The summed E-state index contributed by atoms with van der Waals surface area (Å²) in [6.07, 6.45) is 0. The summed E-state index contributed by atoms with van der Waals surface area (Å²) in [6.45, 7) is 0.317. The molecule has 5 rings (SSSR count). The summed E-state index contributed by atoms with van der Waals surface area (Å²) >= 11 is 4.93. The first-order valence-corrected chi connectivity index (χ1v) is 13.1. The van der Waals surface area contributed by atoms with Crippen LogP contribution in [0.25, 0.3) is 32.7 Å². The molecule has 12 heteroatoms. The first-order valence-electron chi connectivity index (χ1n) is 9.96. The van der Waals surface area contributed by atoms with E-state index in [4.69, 9.17) is 9.88 Å². The molecule has 5 aromatic rings. The molecule has 0 unspecified atom stereocenters. The predicted octanol–water partition coefficient (Wildman–Crippen LogP) is 4.08. The Bertz CT molecular complexity index is 1610. The number of nitrogens with zero attached hydrogens (tertiary/aromatic N) is 5. The molecule has 0 aliphatic rings. The minimum absolute atomic E-state index is 0.0675. The largest absolute Gasteiger partial charge is 0.497 e. The van der Waals surface area contributed by atoms with Gasteiger partial charge in [0.2, 0.25) is 10.0 Å². The lowest BCUT2D eigenvalue weighted by molar-refractivity contribution is 0.414. The van der Waals surface area contributed by atoms with E-state index in [2.05, 4.69) is 36.4 Å². The first-order chi connectivity index (χ1) is 16.3. The molecule has 3 aromatic carbocycles. The number of thiazole rings is 1. The predicted molar refractivity (Wildman–Crippen MR) is 133 cm³/mol. The van der Waals surface area contributed by atoms with Crippen LogP contribution in [0, 0.1) is 0 Å². The number of benzene rings is 3. The van der Waals surface area contributed by atoms with Crippen LogP contribution in [0.3, 0.4) is 0 Å². The van der Waals surface area contributed by atoms with Crippen LogP contribution in [0.5, 0.6) is 5.75 Å². The number of para-hydroxylation sites is 1. The van der Waals surface area contributed by atoms with Gasteiger partial charge in [-0.05, 0) is 61.7 Å². The molecule has 34 heavy (non-hydrogen) atoms. The number of methoxy groups -OCH3 is 1. The van der Waals surface area contributed by atoms with E-state index in [1.807, 2.05) is 48.5 Å². The van der Waals surface area contributed by atoms with Crippen molar-refractivity contribution in [1.82, 2.24) is 25.2 Å². The van der Waals surface area contributed by atoms with Crippen molar-refractivity contribution >= 4 is 47.5 Å². The topological polar surface area (TPSA) is 126 Å². The first kappa shape index (κ1) is 22.6. The average molecular weight is 557 g/mol. The maximum Gasteiger partial charge on any atom is 0.238 e. The molecule has 0 fully saturated rings. The molecule has 9 nitrogen and oxygen atoms in total. The van der Waals surface area contributed by atoms with Crippen molar-refractivity contribution < 1.29 is 13.2 Å². The van der Waals surface area contributed by atoms with E-state index in [0.29, 0.717) is 17.7 Å². The van der Waals surface area contributed by atoms with Crippen molar-refractivity contribution in [2.75, 3.05) is 7.11 Å². The summed E-state index contributed by atoms with van der Waals surface area (Å²) in [5.74, 6) is 1.01. The third-order valence-electron chi connectivity index (χ3n) is 5.26. The smallest absolute Gasteiger partial charge is 0.238 e. The zero-order valence-corrected chi connectivity index (χ0v) is 20.9. The molecule has 0 atom stereocenters. The molecule has 172 valence electrons. The Morgan fingerprint density at radius 3 is 2.53 bits per heavy atom. The summed E-state index contributed by atoms with van der Waals surface area (Å²) in [5, 5.41) is 17.8. The minimum Gasteiger partial charge on any atom is -0.497 e. The molecule has 0 saturated heterocycles. The summed E-state index contributed by atoms with van der Waals surface area (Å²) in [5.41, 5.74) is 3.33. The standard InChI is InChI=1S/C22H17BrN6O3S2/c1-32-14-10-8-13(9-11-14)12-29-21(26-27-28-29)19-15(4-3-7-18(19)34(24,30)31)16-5-2-6-17-20(16)25-22(23)33-17/h2-11H,12H2,1H3,(H2,24,30,31). The van der Waals surface area contributed by atoms with Crippen molar-refractivity contribution in [3.05, 3.63) is 70.1 Å². The van der Waals surface area contributed by atoms with Crippen molar-refractivity contribution in [3.63, 3.8) is 0 Å². The van der Waals surface area contributed by atoms with E-state index in [9.17, 15) is 8.42 Å². The molecule has 0 saturated carbocycles. The number of hydrogen-bond acceptors (Lipinski definition) is 8. The highest BCUT2D eigenvalue weighted by molar-refractivity contribution is 9.11. The number of hydrogen-bond donors (Lipinski definition) is 1. The van der Waals surface area contributed by atoms with Gasteiger partial charge in [0.15, 0.2) is 9.74 Å². The van der Waals surface area contributed by atoms with Gasteiger partial charge in [-0.25, -0.2) is 23.2 Å². The number of ether oxygens (including phenoxy) is 1. The van der Waals surface area contributed by atoms with E-state index in [1.165, 1.54) is 17.4 Å². The van der Waals surface area contributed by atoms with E-state index in [0.717, 1.165) is 31.0 Å². The van der Waals surface area contributed by atoms with Crippen molar-refractivity contribution in [2.24, 2.45) is 5.14 Å². The monoisotopic (exact) mass is 556 g/mol. The van der Waals surface area contributed by atoms with Crippen LogP contribution in [0.4, 0.5) is 0 Å². The van der Waals surface area contributed by atoms with Crippen LogP contribution in [-0.4, -0.2) is 40.7 Å². The average Bonchev–Trinajstić information content (AvgIpc) is 3.43. The van der Waals surface area contributed by atoms with Crippen LogP contribution in [0.2, 0.25) is 0 Å². The summed E-state index contributed by atoms with van der Waals surface area (Å²) in [6, 6.07) is 18.1. The molecule has 0 radical (unpaired) electrons. The summed E-state index contributed by atoms with van der Waals surface area (Å²) in [7, 11) is -2.49. The number of tetrazole rings is 1. The maximum atomic E-state index is 12.6.